The number of benzene rings is 1. The van der Waals surface area contributed by atoms with Gasteiger partial charge in [0, 0.05) is 50.6 Å². The highest BCUT2D eigenvalue weighted by Gasteiger charge is 2.28. The molecule has 1 aromatic carbocycles. The van der Waals surface area contributed by atoms with E-state index in [4.69, 9.17) is 9.47 Å². The van der Waals surface area contributed by atoms with Crippen LogP contribution in [0.3, 0.4) is 0 Å². The fraction of sp³-hybridized carbons (Fsp3) is 0.630. The van der Waals surface area contributed by atoms with Gasteiger partial charge in [-0.2, -0.15) is 0 Å². The number of piperazine rings is 1. The van der Waals surface area contributed by atoms with Gasteiger partial charge in [-0.25, -0.2) is 0 Å². The first-order chi connectivity index (χ1) is 17.6. The van der Waals surface area contributed by atoms with Crippen LogP contribution >= 0.6 is 0 Å². The van der Waals surface area contributed by atoms with Crippen molar-refractivity contribution in [2.45, 2.75) is 63.8 Å². The van der Waals surface area contributed by atoms with Gasteiger partial charge in [0.2, 0.25) is 5.91 Å². The first-order valence-corrected chi connectivity index (χ1v) is 13.4. The Labute approximate surface area is 212 Å². The molecule has 1 saturated heterocycles. The van der Waals surface area contributed by atoms with E-state index in [2.05, 4.69) is 20.1 Å². The number of nitrogens with zero attached hydrogens (tertiary/aromatic N) is 4. The smallest absolute Gasteiger partial charge is 0.273 e. The number of ether oxygens (including phenoxy) is 2. The Morgan fingerprint density at radius 2 is 1.81 bits per heavy atom. The molecule has 3 fully saturated rings. The lowest BCUT2D eigenvalue weighted by molar-refractivity contribution is -0.133. The molecule has 2 aliphatic carbocycles. The van der Waals surface area contributed by atoms with Gasteiger partial charge in [0.05, 0.1) is 13.7 Å². The minimum atomic E-state index is -0.317. The third kappa shape index (κ3) is 5.72. The molecular weight excluding hydrogens is 458 g/mol. The van der Waals surface area contributed by atoms with Crippen LogP contribution in [0.1, 0.15) is 57.1 Å². The molecule has 1 aromatic heterocycles. The van der Waals surface area contributed by atoms with Crippen LogP contribution in [-0.2, 0) is 11.2 Å². The molecule has 3 aliphatic rings. The molecular formula is C27H37N5O4. The molecule has 194 valence electrons. The number of amides is 1. The van der Waals surface area contributed by atoms with E-state index in [1.165, 1.54) is 44.9 Å². The van der Waals surface area contributed by atoms with Gasteiger partial charge in [0.15, 0.2) is 17.3 Å². The highest BCUT2D eigenvalue weighted by atomic mass is 16.5. The Morgan fingerprint density at radius 3 is 2.47 bits per heavy atom. The predicted molar refractivity (Wildman–Crippen MR) is 136 cm³/mol. The summed E-state index contributed by atoms with van der Waals surface area (Å²) in [5.74, 6) is 2.34. The Bertz CT molecular complexity index is 1100. The SMILES string of the molecule is COc1cc(-c2nnc(CCC(=O)N3CCN(C4CCCC4)CC3)c(=O)[nH]2)ccc1OCC1CCC1. The number of aryl methyl sites for hydroxylation is 1. The van der Waals surface area contributed by atoms with Crippen molar-refractivity contribution in [1.82, 2.24) is 25.0 Å². The average Bonchev–Trinajstić information content (AvgIpc) is 3.42. The maximum absolute atomic E-state index is 12.7. The maximum atomic E-state index is 12.7. The van der Waals surface area contributed by atoms with E-state index < -0.39 is 0 Å². The molecule has 0 atom stereocenters. The summed E-state index contributed by atoms with van der Waals surface area (Å²) >= 11 is 0. The summed E-state index contributed by atoms with van der Waals surface area (Å²) in [6.45, 7) is 4.10. The van der Waals surface area contributed by atoms with Crippen molar-refractivity contribution in [3.63, 3.8) is 0 Å². The standard InChI is InChI=1S/C27H37N5O4/c1-35-24-17-20(9-11-23(24)36-18-19-5-4-6-19)26-28-27(34)22(29-30-26)10-12-25(33)32-15-13-31(14-16-32)21-7-2-3-8-21/h9,11,17,19,21H,2-8,10,12-16,18H2,1H3,(H,28,30,34). The Kier molecular flexibility index (Phi) is 7.84. The first-order valence-electron chi connectivity index (χ1n) is 13.4. The lowest BCUT2D eigenvalue weighted by Crippen LogP contribution is -2.51. The lowest BCUT2D eigenvalue weighted by Gasteiger charge is -2.38. The molecule has 2 aromatic rings. The summed E-state index contributed by atoms with van der Waals surface area (Å²) in [5.41, 5.74) is 0.655. The van der Waals surface area contributed by atoms with E-state index in [9.17, 15) is 9.59 Å². The molecule has 9 nitrogen and oxygen atoms in total. The van der Waals surface area contributed by atoms with E-state index in [-0.39, 0.29) is 30.0 Å². The van der Waals surface area contributed by atoms with Gasteiger partial charge in [0.1, 0.15) is 5.69 Å². The number of aromatic amines is 1. The van der Waals surface area contributed by atoms with Crippen LogP contribution in [0.2, 0.25) is 0 Å². The highest BCUT2D eigenvalue weighted by Crippen LogP contribution is 2.33. The van der Waals surface area contributed by atoms with Crippen LogP contribution < -0.4 is 15.0 Å². The van der Waals surface area contributed by atoms with E-state index in [1.807, 2.05) is 17.0 Å². The van der Waals surface area contributed by atoms with Crippen molar-refractivity contribution in [2.75, 3.05) is 39.9 Å². The summed E-state index contributed by atoms with van der Waals surface area (Å²) < 4.78 is 11.4. The van der Waals surface area contributed by atoms with Gasteiger partial charge in [-0.1, -0.05) is 19.3 Å². The summed E-state index contributed by atoms with van der Waals surface area (Å²) in [6.07, 6.45) is 9.48. The molecule has 0 unspecified atom stereocenters. The molecule has 1 amide bonds. The number of rotatable bonds is 9. The highest BCUT2D eigenvalue weighted by molar-refractivity contribution is 5.76. The third-order valence-electron chi connectivity index (χ3n) is 7.98. The van der Waals surface area contributed by atoms with Gasteiger partial charge in [-0.05, 0) is 49.8 Å². The molecule has 0 bridgehead atoms. The maximum Gasteiger partial charge on any atom is 0.273 e. The molecule has 36 heavy (non-hydrogen) atoms. The molecule has 1 aliphatic heterocycles. The van der Waals surface area contributed by atoms with Gasteiger partial charge < -0.3 is 19.4 Å². The van der Waals surface area contributed by atoms with Crippen LogP contribution in [0.25, 0.3) is 11.4 Å². The minimum Gasteiger partial charge on any atom is -0.493 e. The minimum absolute atomic E-state index is 0.0774. The van der Waals surface area contributed by atoms with Gasteiger partial charge >= 0.3 is 0 Å². The summed E-state index contributed by atoms with van der Waals surface area (Å²) in [7, 11) is 1.60. The zero-order chi connectivity index (χ0) is 24.9. The second-order valence-electron chi connectivity index (χ2n) is 10.3. The zero-order valence-electron chi connectivity index (χ0n) is 21.2. The number of carbonyl (C=O) groups is 1. The fourth-order valence-electron chi connectivity index (χ4n) is 5.44. The third-order valence-corrected chi connectivity index (χ3v) is 7.98. The van der Waals surface area contributed by atoms with Crippen LogP contribution in [-0.4, -0.2) is 76.8 Å². The van der Waals surface area contributed by atoms with Crippen molar-refractivity contribution in [1.29, 1.82) is 0 Å². The first kappa shape index (κ1) is 24.7. The van der Waals surface area contributed by atoms with Crippen molar-refractivity contribution in [3.05, 3.63) is 34.2 Å². The normalized spacial score (nSPS) is 19.3. The monoisotopic (exact) mass is 495 g/mol. The molecule has 0 radical (unpaired) electrons. The summed E-state index contributed by atoms with van der Waals surface area (Å²) in [5, 5.41) is 8.37. The van der Waals surface area contributed by atoms with Gasteiger partial charge in [-0.3, -0.25) is 14.5 Å². The summed E-state index contributed by atoms with van der Waals surface area (Å²) in [6, 6.07) is 6.18. The molecule has 2 heterocycles. The number of H-pyrrole nitrogens is 1. The van der Waals surface area contributed by atoms with Crippen molar-refractivity contribution in [2.24, 2.45) is 5.92 Å². The number of hydrogen-bond acceptors (Lipinski definition) is 7. The fourth-order valence-corrected chi connectivity index (χ4v) is 5.44. The number of carbonyl (C=O) groups excluding carboxylic acids is 1. The zero-order valence-corrected chi connectivity index (χ0v) is 21.2. The number of methoxy groups -OCH3 is 1. The Balaban J connectivity index is 1.15. The Hall–Kier alpha value is -2.94. The average molecular weight is 496 g/mol. The summed E-state index contributed by atoms with van der Waals surface area (Å²) in [4.78, 5) is 32.7. The number of aromatic nitrogens is 3. The second-order valence-corrected chi connectivity index (χ2v) is 10.3. The second kappa shape index (κ2) is 11.4. The van der Waals surface area contributed by atoms with Crippen molar-refractivity contribution >= 4 is 5.91 Å². The predicted octanol–water partition coefficient (Wildman–Crippen LogP) is 3.04. The van der Waals surface area contributed by atoms with Crippen LogP contribution in [0.15, 0.2) is 23.0 Å². The molecule has 2 saturated carbocycles. The number of hydrogen-bond donors (Lipinski definition) is 1. The van der Waals surface area contributed by atoms with Crippen LogP contribution in [0.4, 0.5) is 0 Å². The van der Waals surface area contributed by atoms with Crippen LogP contribution in [0, 0.1) is 5.92 Å². The molecule has 5 rings (SSSR count). The topological polar surface area (TPSA) is 101 Å². The Morgan fingerprint density at radius 1 is 1.03 bits per heavy atom. The lowest BCUT2D eigenvalue weighted by atomic mass is 9.86. The molecule has 9 heteroatoms. The van der Waals surface area contributed by atoms with E-state index >= 15 is 0 Å². The van der Waals surface area contributed by atoms with Crippen molar-refractivity contribution in [3.8, 4) is 22.9 Å². The van der Waals surface area contributed by atoms with Crippen molar-refractivity contribution < 1.29 is 14.3 Å². The molecule has 1 N–H and O–H groups in total. The van der Waals surface area contributed by atoms with E-state index in [1.54, 1.807) is 13.2 Å². The van der Waals surface area contributed by atoms with E-state index in [0.29, 0.717) is 41.5 Å². The largest absolute Gasteiger partial charge is 0.493 e. The quantitative estimate of drug-likeness (QED) is 0.571. The van der Waals surface area contributed by atoms with Gasteiger partial charge in [0.25, 0.3) is 5.56 Å². The van der Waals surface area contributed by atoms with E-state index in [0.717, 1.165) is 26.2 Å². The van der Waals surface area contributed by atoms with Crippen LogP contribution in [0.5, 0.6) is 11.5 Å². The molecule has 0 spiro atoms. The van der Waals surface area contributed by atoms with Gasteiger partial charge in [-0.15, -0.1) is 10.2 Å². The number of nitrogens with one attached hydrogen (secondary N) is 1.